The Morgan fingerprint density at radius 2 is 1.88 bits per heavy atom. The van der Waals surface area contributed by atoms with Crippen LogP contribution in [0.1, 0.15) is 52.5 Å². The van der Waals surface area contributed by atoms with Gasteiger partial charge in [-0.2, -0.15) is 0 Å². The molecule has 1 heterocycles. The van der Waals surface area contributed by atoms with E-state index in [1.807, 2.05) is 45.0 Å². The second-order valence-electron chi connectivity index (χ2n) is 8.53. The van der Waals surface area contributed by atoms with E-state index in [2.05, 4.69) is 18.8 Å². The SMILES string of the molecule is CCCCn1c(N)c(N(CCC(C)C)CC(=O)N(CC)c2ccccc2C)c(=O)[nH]c1=O. The van der Waals surface area contributed by atoms with Gasteiger partial charge in [0.05, 0.1) is 6.54 Å². The molecule has 3 N–H and O–H groups in total. The maximum absolute atomic E-state index is 13.4. The van der Waals surface area contributed by atoms with Crippen LogP contribution >= 0.6 is 0 Å². The topological polar surface area (TPSA) is 104 Å². The van der Waals surface area contributed by atoms with Gasteiger partial charge in [0.2, 0.25) is 5.91 Å². The molecule has 2 aromatic rings. The van der Waals surface area contributed by atoms with Gasteiger partial charge in [0.25, 0.3) is 5.56 Å². The molecule has 176 valence electrons. The monoisotopic (exact) mass is 443 g/mol. The van der Waals surface area contributed by atoms with E-state index in [4.69, 9.17) is 5.73 Å². The highest BCUT2D eigenvalue weighted by atomic mass is 16.2. The van der Waals surface area contributed by atoms with E-state index < -0.39 is 11.2 Å². The first-order valence-corrected chi connectivity index (χ1v) is 11.4. The average Bonchev–Trinajstić information content (AvgIpc) is 2.73. The molecule has 0 saturated heterocycles. The van der Waals surface area contributed by atoms with Gasteiger partial charge in [-0.1, -0.05) is 45.4 Å². The third kappa shape index (κ3) is 6.02. The lowest BCUT2D eigenvalue weighted by atomic mass is 10.1. The average molecular weight is 444 g/mol. The number of nitrogens with zero attached hydrogens (tertiary/aromatic N) is 3. The van der Waals surface area contributed by atoms with Crippen molar-refractivity contribution in [2.75, 3.05) is 35.2 Å². The number of hydrogen-bond donors (Lipinski definition) is 2. The maximum atomic E-state index is 13.4. The summed E-state index contributed by atoms with van der Waals surface area (Å²) in [7, 11) is 0. The smallest absolute Gasteiger partial charge is 0.330 e. The fourth-order valence-electron chi connectivity index (χ4n) is 3.70. The summed E-state index contributed by atoms with van der Waals surface area (Å²) in [5.41, 5.74) is 7.29. The third-order valence-corrected chi connectivity index (χ3v) is 5.59. The van der Waals surface area contributed by atoms with E-state index >= 15 is 0 Å². The van der Waals surface area contributed by atoms with Gasteiger partial charge >= 0.3 is 5.69 Å². The Labute approximate surface area is 190 Å². The molecule has 0 spiro atoms. The Morgan fingerprint density at radius 1 is 1.19 bits per heavy atom. The molecule has 0 atom stereocenters. The van der Waals surface area contributed by atoms with Crippen molar-refractivity contribution in [1.82, 2.24) is 9.55 Å². The Morgan fingerprint density at radius 3 is 2.47 bits per heavy atom. The number of benzene rings is 1. The van der Waals surface area contributed by atoms with Gasteiger partial charge in [-0.3, -0.25) is 19.1 Å². The second-order valence-corrected chi connectivity index (χ2v) is 8.53. The fourth-order valence-corrected chi connectivity index (χ4v) is 3.70. The molecule has 1 aromatic heterocycles. The van der Waals surface area contributed by atoms with Crippen molar-refractivity contribution in [3.8, 4) is 0 Å². The van der Waals surface area contributed by atoms with E-state index in [1.165, 1.54) is 4.57 Å². The standard InChI is InChI=1S/C24H37N5O3/c1-6-8-14-29-22(25)21(23(31)26-24(29)32)27(15-13-17(3)4)16-20(30)28(7-2)19-12-10-9-11-18(19)5/h9-12,17H,6-8,13-16,25H2,1-5H3,(H,26,31,32). The van der Waals surface area contributed by atoms with Gasteiger partial charge in [0.15, 0.2) is 0 Å². The number of anilines is 3. The lowest BCUT2D eigenvalue weighted by Gasteiger charge is -2.30. The van der Waals surface area contributed by atoms with Crippen LogP contribution in [0, 0.1) is 12.8 Å². The number of amides is 1. The fraction of sp³-hybridized carbons (Fsp3) is 0.542. The number of nitrogen functional groups attached to an aromatic ring is 1. The van der Waals surface area contributed by atoms with Gasteiger partial charge in [0.1, 0.15) is 11.5 Å². The molecule has 0 bridgehead atoms. The van der Waals surface area contributed by atoms with Gasteiger partial charge in [-0.05, 0) is 44.2 Å². The van der Waals surface area contributed by atoms with Crippen molar-refractivity contribution >= 4 is 23.1 Å². The molecular weight excluding hydrogens is 406 g/mol. The van der Waals surface area contributed by atoms with Crippen LogP contribution in [0.15, 0.2) is 33.9 Å². The largest absolute Gasteiger partial charge is 0.383 e. The molecule has 8 heteroatoms. The van der Waals surface area contributed by atoms with Crippen molar-refractivity contribution in [3.05, 3.63) is 50.7 Å². The number of hydrogen-bond acceptors (Lipinski definition) is 5. The van der Waals surface area contributed by atoms with Gasteiger partial charge in [-0.25, -0.2) is 4.79 Å². The number of carbonyl (C=O) groups excluding carboxylic acids is 1. The number of unbranched alkanes of at least 4 members (excludes halogenated alkanes) is 1. The molecule has 2 rings (SSSR count). The van der Waals surface area contributed by atoms with Crippen LogP contribution in [0.4, 0.5) is 17.2 Å². The molecule has 32 heavy (non-hydrogen) atoms. The molecule has 0 radical (unpaired) electrons. The lowest BCUT2D eigenvalue weighted by molar-refractivity contribution is -0.117. The summed E-state index contributed by atoms with van der Waals surface area (Å²) in [5, 5.41) is 0. The molecular formula is C24H37N5O3. The van der Waals surface area contributed by atoms with Crippen LogP contribution in [0.2, 0.25) is 0 Å². The minimum Gasteiger partial charge on any atom is -0.383 e. The summed E-state index contributed by atoms with van der Waals surface area (Å²) in [6.45, 7) is 11.5. The number of aryl methyl sites for hydroxylation is 1. The number of aromatic amines is 1. The molecule has 0 fully saturated rings. The highest BCUT2D eigenvalue weighted by Gasteiger charge is 2.24. The first-order chi connectivity index (χ1) is 15.2. The molecule has 0 aliphatic carbocycles. The molecule has 0 unspecified atom stereocenters. The van der Waals surface area contributed by atoms with Crippen LogP contribution in [-0.2, 0) is 11.3 Å². The van der Waals surface area contributed by atoms with E-state index in [1.54, 1.807) is 9.80 Å². The van der Waals surface area contributed by atoms with E-state index in [0.717, 1.165) is 30.5 Å². The van der Waals surface area contributed by atoms with Crippen LogP contribution in [0.5, 0.6) is 0 Å². The van der Waals surface area contributed by atoms with E-state index in [9.17, 15) is 14.4 Å². The first kappa shape index (κ1) is 25.2. The number of aromatic nitrogens is 2. The number of H-pyrrole nitrogens is 1. The molecule has 0 saturated carbocycles. The van der Waals surface area contributed by atoms with Crippen LogP contribution in [-0.4, -0.2) is 35.1 Å². The van der Waals surface area contributed by atoms with Crippen molar-refractivity contribution in [2.24, 2.45) is 5.92 Å². The second kappa shape index (κ2) is 11.5. The van der Waals surface area contributed by atoms with Crippen molar-refractivity contribution in [1.29, 1.82) is 0 Å². The Balaban J connectivity index is 2.46. The van der Waals surface area contributed by atoms with Gasteiger partial charge in [-0.15, -0.1) is 0 Å². The number of likely N-dealkylation sites (N-methyl/N-ethyl adjacent to an activating group) is 1. The summed E-state index contributed by atoms with van der Waals surface area (Å²) in [6, 6.07) is 7.72. The lowest BCUT2D eigenvalue weighted by Crippen LogP contribution is -2.45. The van der Waals surface area contributed by atoms with Gasteiger partial charge < -0.3 is 15.5 Å². The predicted octanol–water partition coefficient (Wildman–Crippen LogP) is 3.13. The van der Waals surface area contributed by atoms with Crippen molar-refractivity contribution < 1.29 is 4.79 Å². The molecule has 8 nitrogen and oxygen atoms in total. The summed E-state index contributed by atoms with van der Waals surface area (Å²) in [6.07, 6.45) is 2.42. The molecule has 0 aliphatic heterocycles. The molecule has 0 aliphatic rings. The quantitative estimate of drug-likeness (QED) is 0.555. The van der Waals surface area contributed by atoms with Crippen LogP contribution in [0.25, 0.3) is 0 Å². The third-order valence-electron chi connectivity index (χ3n) is 5.59. The zero-order valence-electron chi connectivity index (χ0n) is 20.0. The molecule has 1 amide bonds. The highest BCUT2D eigenvalue weighted by molar-refractivity contribution is 5.97. The van der Waals surface area contributed by atoms with Crippen molar-refractivity contribution in [2.45, 2.75) is 60.4 Å². The summed E-state index contributed by atoms with van der Waals surface area (Å²) >= 11 is 0. The Bertz CT molecular complexity index is 1030. The van der Waals surface area contributed by atoms with Crippen molar-refractivity contribution in [3.63, 3.8) is 0 Å². The number of nitrogens with one attached hydrogen (secondary N) is 1. The normalized spacial score (nSPS) is 11.1. The van der Waals surface area contributed by atoms with E-state index in [0.29, 0.717) is 25.6 Å². The van der Waals surface area contributed by atoms with Gasteiger partial charge in [0, 0.05) is 25.3 Å². The summed E-state index contributed by atoms with van der Waals surface area (Å²) in [4.78, 5) is 44.3. The van der Waals surface area contributed by atoms with Crippen LogP contribution in [0.3, 0.4) is 0 Å². The predicted molar refractivity (Wildman–Crippen MR) is 132 cm³/mol. The highest BCUT2D eigenvalue weighted by Crippen LogP contribution is 2.22. The minimum atomic E-state index is -0.559. The van der Waals surface area contributed by atoms with Crippen LogP contribution < -0.4 is 26.8 Å². The number of nitrogens with two attached hydrogens (primary N) is 1. The number of carbonyl (C=O) groups is 1. The van der Waals surface area contributed by atoms with E-state index in [-0.39, 0.29) is 24.0 Å². The Hall–Kier alpha value is -3.03. The first-order valence-electron chi connectivity index (χ1n) is 11.4. The summed E-state index contributed by atoms with van der Waals surface area (Å²) < 4.78 is 1.39. The maximum Gasteiger partial charge on any atom is 0.330 e. The number of rotatable bonds is 11. The zero-order valence-corrected chi connectivity index (χ0v) is 20.0. The number of para-hydroxylation sites is 1. The minimum absolute atomic E-state index is 0.00580. The zero-order chi connectivity index (χ0) is 23.8. The molecule has 1 aromatic carbocycles. The Kier molecular flexibility index (Phi) is 9.11. The summed E-state index contributed by atoms with van der Waals surface area (Å²) in [5.74, 6) is 0.357.